The monoisotopic (exact) mass is 542 g/mol. The minimum Gasteiger partial charge on any atom is -0.394 e. The van der Waals surface area contributed by atoms with Crippen molar-refractivity contribution in [2.24, 2.45) is 0 Å². The molecule has 1 amide bonds. The molecule has 0 aliphatic heterocycles. The maximum atomic E-state index is 12.3. The molecule has 0 aromatic heterocycles. The van der Waals surface area contributed by atoms with Crippen LogP contribution in [-0.4, -0.2) is 46.1 Å². The van der Waals surface area contributed by atoms with Crippen molar-refractivity contribution in [3.63, 3.8) is 0 Å². The first-order valence-electron chi connectivity index (χ1n) is 16.8. The van der Waals surface area contributed by atoms with E-state index >= 15 is 0 Å². The highest BCUT2D eigenvalue weighted by atomic mass is 16.3. The largest absolute Gasteiger partial charge is 0.394 e. The molecule has 0 aliphatic rings. The van der Waals surface area contributed by atoms with Crippen molar-refractivity contribution in [1.82, 2.24) is 5.32 Å². The van der Waals surface area contributed by atoms with E-state index in [1.165, 1.54) is 122 Å². The van der Waals surface area contributed by atoms with E-state index in [9.17, 15) is 20.1 Å². The molecular weight excluding hydrogens is 474 g/mol. The number of unbranched alkanes of at least 4 members (excludes halogenated alkanes) is 22. The Kier molecular flexibility index (Phi) is 28.8. The summed E-state index contributed by atoms with van der Waals surface area (Å²) in [7, 11) is 0. The second kappa shape index (κ2) is 29.3. The molecule has 0 saturated heterocycles. The molecule has 0 spiro atoms. The molecule has 0 radical (unpaired) electrons. The summed E-state index contributed by atoms with van der Waals surface area (Å²) in [6, 6.07) is -0.702. The Bertz CT molecular complexity index is 488. The van der Waals surface area contributed by atoms with Crippen LogP contribution in [-0.2, 0) is 4.79 Å². The van der Waals surface area contributed by atoms with Gasteiger partial charge in [-0.25, -0.2) is 0 Å². The maximum Gasteiger partial charge on any atom is 0.249 e. The second-order valence-electron chi connectivity index (χ2n) is 11.7. The van der Waals surface area contributed by atoms with E-state index in [4.69, 9.17) is 0 Å². The van der Waals surface area contributed by atoms with Crippen molar-refractivity contribution >= 4 is 5.91 Å². The third-order valence-electron chi connectivity index (χ3n) is 7.98. The van der Waals surface area contributed by atoms with Crippen molar-refractivity contribution in [1.29, 1.82) is 0 Å². The van der Waals surface area contributed by atoms with Gasteiger partial charge in [0.1, 0.15) is 6.10 Å². The Balaban J connectivity index is 3.69. The van der Waals surface area contributed by atoms with E-state index in [1.54, 1.807) is 0 Å². The minimum atomic E-state index is -1.06. The van der Waals surface area contributed by atoms with Crippen LogP contribution in [0.2, 0.25) is 0 Å². The average molecular weight is 542 g/mol. The number of nitrogens with one attached hydrogen (secondary N) is 1. The molecular formula is C33H67NO4. The lowest BCUT2D eigenvalue weighted by atomic mass is 10.0. The molecule has 0 aromatic carbocycles. The SMILES string of the molecule is CCCCCCCCCCCCCCCCC(O)C(CO)NC(=O)C(O)CCCCCCCCCCCC. The fourth-order valence-corrected chi connectivity index (χ4v) is 5.25. The number of hydrogen-bond donors (Lipinski definition) is 4. The third-order valence-corrected chi connectivity index (χ3v) is 7.98. The average Bonchev–Trinajstić information content (AvgIpc) is 2.92. The van der Waals surface area contributed by atoms with Gasteiger partial charge in [0.05, 0.1) is 18.8 Å². The molecule has 4 N–H and O–H groups in total. The predicted octanol–water partition coefficient (Wildman–Crippen LogP) is 8.37. The molecule has 0 saturated carbocycles. The summed E-state index contributed by atoms with van der Waals surface area (Å²) in [4.78, 5) is 12.3. The highest BCUT2D eigenvalue weighted by Gasteiger charge is 2.23. The molecule has 3 unspecified atom stereocenters. The fourth-order valence-electron chi connectivity index (χ4n) is 5.25. The van der Waals surface area contributed by atoms with Gasteiger partial charge in [0.15, 0.2) is 0 Å². The van der Waals surface area contributed by atoms with Crippen molar-refractivity contribution in [2.45, 2.75) is 199 Å². The van der Waals surface area contributed by atoms with Crippen LogP contribution in [0.4, 0.5) is 0 Å². The third kappa shape index (κ3) is 24.4. The van der Waals surface area contributed by atoms with Gasteiger partial charge in [0.25, 0.3) is 0 Å². The van der Waals surface area contributed by atoms with Crippen LogP contribution in [0.1, 0.15) is 181 Å². The summed E-state index contributed by atoms with van der Waals surface area (Å²) in [5.74, 6) is -0.472. The van der Waals surface area contributed by atoms with Crippen LogP contribution in [0.3, 0.4) is 0 Å². The van der Waals surface area contributed by atoms with Crippen molar-refractivity contribution in [3.05, 3.63) is 0 Å². The molecule has 3 atom stereocenters. The van der Waals surface area contributed by atoms with Gasteiger partial charge in [-0.05, 0) is 12.8 Å². The lowest BCUT2D eigenvalue weighted by Crippen LogP contribution is -2.49. The van der Waals surface area contributed by atoms with Crippen LogP contribution < -0.4 is 5.32 Å². The highest BCUT2D eigenvalue weighted by molar-refractivity contribution is 5.80. The zero-order chi connectivity index (χ0) is 28.1. The smallest absolute Gasteiger partial charge is 0.249 e. The normalized spacial score (nSPS) is 13.9. The van der Waals surface area contributed by atoms with Gasteiger partial charge in [0, 0.05) is 0 Å². The molecule has 0 heterocycles. The number of rotatable bonds is 30. The Morgan fingerprint density at radius 3 is 1.18 bits per heavy atom. The van der Waals surface area contributed by atoms with Gasteiger partial charge in [0.2, 0.25) is 5.91 Å². The summed E-state index contributed by atoms with van der Waals surface area (Å²) >= 11 is 0. The first-order valence-corrected chi connectivity index (χ1v) is 16.8. The molecule has 0 aliphatic carbocycles. The topological polar surface area (TPSA) is 89.8 Å². The molecule has 228 valence electrons. The predicted molar refractivity (Wildman–Crippen MR) is 162 cm³/mol. The summed E-state index contributed by atoms with van der Waals surface area (Å²) in [5.41, 5.74) is 0. The maximum absolute atomic E-state index is 12.3. The molecule has 0 rings (SSSR count). The number of aliphatic hydroxyl groups excluding tert-OH is 3. The van der Waals surface area contributed by atoms with E-state index in [1.807, 2.05) is 0 Å². The van der Waals surface area contributed by atoms with Gasteiger partial charge in [-0.2, -0.15) is 0 Å². The van der Waals surface area contributed by atoms with Gasteiger partial charge in [-0.15, -0.1) is 0 Å². The van der Waals surface area contributed by atoms with Gasteiger partial charge in [-0.1, -0.05) is 168 Å². The number of carbonyl (C=O) groups is 1. The summed E-state index contributed by atoms with van der Waals surface area (Å²) in [6.45, 7) is 4.19. The second-order valence-corrected chi connectivity index (χ2v) is 11.7. The van der Waals surface area contributed by atoms with Gasteiger partial charge in [-0.3, -0.25) is 4.79 Å². The minimum absolute atomic E-state index is 0.309. The standard InChI is InChI=1S/C33H67NO4/c1-3-5-7-9-11-13-15-16-17-18-20-21-23-25-27-31(36)30(29-35)34-33(38)32(37)28-26-24-22-19-14-12-10-8-6-4-2/h30-32,35-37H,3-29H2,1-2H3,(H,34,38). The van der Waals surface area contributed by atoms with Gasteiger partial charge < -0.3 is 20.6 Å². The van der Waals surface area contributed by atoms with Crippen molar-refractivity contribution < 1.29 is 20.1 Å². The summed E-state index contributed by atoms with van der Waals surface area (Å²) in [6.07, 6.45) is 29.4. The number of carbonyl (C=O) groups excluding carboxylic acids is 1. The Labute approximate surface area is 237 Å². The zero-order valence-electron chi connectivity index (χ0n) is 25.6. The molecule has 5 heteroatoms. The van der Waals surface area contributed by atoms with Crippen LogP contribution in [0.5, 0.6) is 0 Å². The summed E-state index contributed by atoms with van der Waals surface area (Å²) < 4.78 is 0. The van der Waals surface area contributed by atoms with Crippen LogP contribution in [0.15, 0.2) is 0 Å². The molecule has 0 aromatic rings. The Hall–Kier alpha value is -0.650. The van der Waals surface area contributed by atoms with Crippen LogP contribution in [0.25, 0.3) is 0 Å². The van der Waals surface area contributed by atoms with Gasteiger partial charge >= 0.3 is 0 Å². The Morgan fingerprint density at radius 1 is 0.526 bits per heavy atom. The molecule has 0 fully saturated rings. The number of aliphatic hydroxyl groups is 3. The van der Waals surface area contributed by atoms with E-state index in [2.05, 4.69) is 19.2 Å². The van der Waals surface area contributed by atoms with Crippen LogP contribution >= 0.6 is 0 Å². The number of hydrogen-bond acceptors (Lipinski definition) is 4. The first kappa shape index (κ1) is 37.4. The lowest BCUT2D eigenvalue weighted by molar-refractivity contribution is -0.131. The first-order chi connectivity index (χ1) is 18.6. The summed E-state index contributed by atoms with van der Waals surface area (Å²) in [5, 5.41) is 33.0. The van der Waals surface area contributed by atoms with E-state index in [-0.39, 0.29) is 6.61 Å². The van der Waals surface area contributed by atoms with Crippen molar-refractivity contribution in [3.8, 4) is 0 Å². The van der Waals surface area contributed by atoms with E-state index < -0.39 is 24.2 Å². The van der Waals surface area contributed by atoms with E-state index in [0.717, 1.165) is 32.1 Å². The molecule has 38 heavy (non-hydrogen) atoms. The number of amides is 1. The Morgan fingerprint density at radius 2 is 0.842 bits per heavy atom. The van der Waals surface area contributed by atoms with Crippen LogP contribution in [0, 0.1) is 0 Å². The quantitative estimate of drug-likeness (QED) is 0.0688. The van der Waals surface area contributed by atoms with Crippen molar-refractivity contribution in [2.75, 3.05) is 6.61 Å². The molecule has 5 nitrogen and oxygen atoms in total. The lowest BCUT2D eigenvalue weighted by Gasteiger charge is -2.23. The van der Waals surface area contributed by atoms with E-state index in [0.29, 0.717) is 12.8 Å². The zero-order valence-corrected chi connectivity index (χ0v) is 25.6. The fraction of sp³-hybridized carbons (Fsp3) is 0.970. The molecule has 0 bridgehead atoms. The highest BCUT2D eigenvalue weighted by Crippen LogP contribution is 2.15.